The fourth-order valence-corrected chi connectivity index (χ4v) is 4.13. The highest BCUT2D eigenvalue weighted by Crippen LogP contribution is 2.25. The Labute approximate surface area is 174 Å². The van der Waals surface area contributed by atoms with Gasteiger partial charge in [0.05, 0.1) is 36.1 Å². The van der Waals surface area contributed by atoms with Crippen LogP contribution in [0.4, 0.5) is 0 Å². The highest BCUT2D eigenvalue weighted by Gasteiger charge is 2.28. The Morgan fingerprint density at radius 1 is 1.10 bits per heavy atom. The van der Waals surface area contributed by atoms with Crippen LogP contribution in [0.25, 0.3) is 16.9 Å². The van der Waals surface area contributed by atoms with Gasteiger partial charge in [-0.2, -0.15) is 9.78 Å². The molecule has 0 bridgehead atoms. The summed E-state index contributed by atoms with van der Waals surface area (Å²) < 4.78 is 14.4. The summed E-state index contributed by atoms with van der Waals surface area (Å²) in [5.41, 5.74) is 1.77. The molecule has 0 unspecified atom stereocenters. The molecule has 1 atom stereocenters. The summed E-state index contributed by atoms with van der Waals surface area (Å²) in [4.78, 5) is 28.3. The predicted octanol–water partition coefficient (Wildman–Crippen LogP) is 1.79. The van der Waals surface area contributed by atoms with Gasteiger partial charge in [-0.05, 0) is 25.0 Å². The molecule has 4 heterocycles. The topological polar surface area (TPSA) is 78.6 Å². The quantitative estimate of drug-likeness (QED) is 0.658. The smallest absolute Gasteiger partial charge is 0.282 e. The molecular weight excluding hydrogens is 384 g/mol. The van der Waals surface area contributed by atoms with Crippen molar-refractivity contribution in [3.05, 3.63) is 58.6 Å². The molecule has 1 amide bonds. The normalized spacial score (nSPS) is 19.5. The number of nitrogens with zero attached hydrogens (tertiary/aromatic N) is 4. The second-order valence-electron chi connectivity index (χ2n) is 7.72. The number of hydrogen-bond donors (Lipinski definition) is 0. The van der Waals surface area contributed by atoms with Crippen molar-refractivity contribution in [1.29, 1.82) is 0 Å². The van der Waals surface area contributed by atoms with Gasteiger partial charge in [-0.1, -0.05) is 18.2 Å². The predicted molar refractivity (Wildman–Crippen MR) is 110 cm³/mol. The first-order chi connectivity index (χ1) is 14.7. The number of para-hydroxylation sites is 1. The van der Waals surface area contributed by atoms with Gasteiger partial charge in [-0.25, -0.2) is 0 Å². The Balaban J connectivity index is 1.61. The molecule has 8 nitrogen and oxygen atoms in total. The third kappa shape index (κ3) is 3.53. The second-order valence-corrected chi connectivity index (χ2v) is 7.72. The van der Waals surface area contributed by atoms with Crippen LogP contribution in [0.2, 0.25) is 0 Å². The van der Waals surface area contributed by atoms with Crippen LogP contribution in [0, 0.1) is 0 Å². The van der Waals surface area contributed by atoms with E-state index in [1.54, 1.807) is 11.1 Å². The molecule has 0 N–H and O–H groups in total. The van der Waals surface area contributed by atoms with E-state index in [0.717, 1.165) is 19.4 Å². The first-order valence-corrected chi connectivity index (χ1v) is 10.4. The monoisotopic (exact) mass is 408 g/mol. The van der Waals surface area contributed by atoms with E-state index in [1.165, 1.54) is 4.68 Å². The van der Waals surface area contributed by atoms with Crippen molar-refractivity contribution >= 4 is 5.91 Å². The zero-order chi connectivity index (χ0) is 20.5. The number of amides is 1. The van der Waals surface area contributed by atoms with Crippen molar-refractivity contribution in [1.82, 2.24) is 19.2 Å². The number of benzene rings is 1. The Morgan fingerprint density at radius 2 is 1.90 bits per heavy atom. The number of aromatic nitrogens is 3. The standard InChI is InChI=1S/C22H24N4O4/c27-21(25-8-11-29-12-9-25)18-14-24(13-17-7-4-10-30-17)15-19-20(18)23-26(22(19)28)16-5-2-1-3-6-16/h1-3,5-6,14-15,17H,4,7-13H2/t17-/m1/s1. The lowest BCUT2D eigenvalue weighted by Crippen LogP contribution is -2.41. The third-order valence-corrected chi connectivity index (χ3v) is 5.69. The summed E-state index contributed by atoms with van der Waals surface area (Å²) in [6.45, 7) is 3.46. The van der Waals surface area contributed by atoms with E-state index in [2.05, 4.69) is 5.10 Å². The Bertz CT molecular complexity index is 1060. The molecule has 0 radical (unpaired) electrons. The molecule has 2 saturated heterocycles. The minimum Gasteiger partial charge on any atom is -0.378 e. The summed E-state index contributed by atoms with van der Waals surface area (Å²) in [7, 11) is 0. The number of ether oxygens (including phenoxy) is 2. The van der Waals surface area contributed by atoms with Gasteiger partial charge in [0.2, 0.25) is 0 Å². The lowest BCUT2D eigenvalue weighted by molar-refractivity contribution is 0.0302. The fraction of sp³-hybridized carbons (Fsp3) is 0.409. The van der Waals surface area contributed by atoms with Gasteiger partial charge in [-0.3, -0.25) is 9.59 Å². The Kier molecular flexibility index (Phi) is 5.10. The van der Waals surface area contributed by atoms with E-state index in [-0.39, 0.29) is 17.6 Å². The number of fused-ring (bicyclic) bond motifs is 1. The van der Waals surface area contributed by atoms with Crippen LogP contribution in [-0.4, -0.2) is 64.2 Å². The Hall–Kier alpha value is -2.97. The van der Waals surface area contributed by atoms with Crippen molar-refractivity contribution in [2.75, 3.05) is 32.9 Å². The lowest BCUT2D eigenvalue weighted by atomic mass is 10.1. The maximum Gasteiger partial charge on any atom is 0.282 e. The van der Waals surface area contributed by atoms with Gasteiger partial charge in [0.1, 0.15) is 5.69 Å². The first-order valence-electron chi connectivity index (χ1n) is 10.4. The number of carbonyl (C=O) groups excluding carboxylic acids is 1. The molecule has 156 valence electrons. The molecule has 0 saturated carbocycles. The molecule has 0 aromatic heterocycles. The summed E-state index contributed by atoms with van der Waals surface area (Å²) in [6.07, 6.45) is 5.71. The molecule has 1 aromatic carbocycles. The molecule has 8 heteroatoms. The molecular formula is C22H24N4O4. The molecule has 2 fully saturated rings. The van der Waals surface area contributed by atoms with Gasteiger partial charge in [0, 0.05) is 38.6 Å². The van der Waals surface area contributed by atoms with E-state index < -0.39 is 0 Å². The second kappa shape index (κ2) is 8.04. The SMILES string of the molecule is O=C(c1cn(C[C@H]2CCCO2)cc2c(=O)n(-c3ccccc3)nc1-2)N1CCOCC1. The zero-order valence-electron chi connectivity index (χ0n) is 16.7. The highest BCUT2D eigenvalue weighted by molar-refractivity contribution is 6.00. The number of pyridine rings is 1. The van der Waals surface area contributed by atoms with Crippen LogP contribution >= 0.6 is 0 Å². The van der Waals surface area contributed by atoms with Gasteiger partial charge in [0.15, 0.2) is 0 Å². The molecule has 4 aliphatic heterocycles. The Morgan fingerprint density at radius 3 is 2.63 bits per heavy atom. The van der Waals surface area contributed by atoms with Crippen LogP contribution in [0.5, 0.6) is 0 Å². The van der Waals surface area contributed by atoms with E-state index in [4.69, 9.17) is 9.47 Å². The molecule has 0 aliphatic carbocycles. The van der Waals surface area contributed by atoms with Crippen molar-refractivity contribution in [3.8, 4) is 16.9 Å². The van der Waals surface area contributed by atoms with Crippen molar-refractivity contribution < 1.29 is 14.3 Å². The summed E-state index contributed by atoms with van der Waals surface area (Å²) >= 11 is 0. The molecule has 5 rings (SSSR count). The number of hydrogen-bond acceptors (Lipinski definition) is 5. The number of morpholine rings is 1. The van der Waals surface area contributed by atoms with Crippen LogP contribution in [0.1, 0.15) is 23.2 Å². The largest absolute Gasteiger partial charge is 0.378 e. The van der Waals surface area contributed by atoms with Crippen molar-refractivity contribution in [2.45, 2.75) is 25.5 Å². The summed E-state index contributed by atoms with van der Waals surface area (Å²) in [5.74, 6) is -0.122. The van der Waals surface area contributed by atoms with Crippen molar-refractivity contribution in [2.24, 2.45) is 0 Å². The minimum absolute atomic E-state index is 0.0954. The molecule has 0 spiro atoms. The molecule has 30 heavy (non-hydrogen) atoms. The van der Waals surface area contributed by atoms with E-state index in [0.29, 0.717) is 55.4 Å². The van der Waals surface area contributed by atoms with Gasteiger partial charge >= 0.3 is 0 Å². The van der Waals surface area contributed by atoms with E-state index in [9.17, 15) is 9.59 Å². The number of rotatable bonds is 4. The van der Waals surface area contributed by atoms with Gasteiger partial charge in [-0.15, -0.1) is 0 Å². The van der Waals surface area contributed by atoms with Gasteiger partial charge in [0.25, 0.3) is 11.5 Å². The van der Waals surface area contributed by atoms with Crippen LogP contribution in [0.15, 0.2) is 47.5 Å². The fourth-order valence-electron chi connectivity index (χ4n) is 4.13. The van der Waals surface area contributed by atoms with Crippen LogP contribution < -0.4 is 5.56 Å². The average molecular weight is 408 g/mol. The van der Waals surface area contributed by atoms with E-state index in [1.807, 2.05) is 41.1 Å². The highest BCUT2D eigenvalue weighted by atomic mass is 16.5. The summed E-state index contributed by atoms with van der Waals surface area (Å²) in [5, 5.41) is 4.55. The summed E-state index contributed by atoms with van der Waals surface area (Å²) in [6, 6.07) is 9.27. The third-order valence-electron chi connectivity index (χ3n) is 5.69. The average Bonchev–Trinajstić information content (AvgIpc) is 3.42. The maximum atomic E-state index is 13.3. The first kappa shape index (κ1) is 19.0. The lowest BCUT2D eigenvalue weighted by Gasteiger charge is -2.27. The van der Waals surface area contributed by atoms with Crippen molar-refractivity contribution in [3.63, 3.8) is 0 Å². The van der Waals surface area contributed by atoms with E-state index >= 15 is 0 Å². The minimum atomic E-state index is -0.228. The van der Waals surface area contributed by atoms with Crippen LogP contribution in [0.3, 0.4) is 0 Å². The molecule has 1 aromatic rings. The zero-order valence-corrected chi connectivity index (χ0v) is 16.7. The molecule has 4 aliphatic rings. The maximum absolute atomic E-state index is 13.3. The van der Waals surface area contributed by atoms with Gasteiger partial charge < -0.3 is 18.9 Å². The van der Waals surface area contributed by atoms with Crippen LogP contribution in [-0.2, 0) is 16.0 Å². The number of carbonyl (C=O) groups is 1.